The molecule has 1 aromatic rings. The Morgan fingerprint density at radius 3 is 2.63 bits per heavy atom. The number of piperidine rings is 1. The van der Waals surface area contributed by atoms with Crippen LogP contribution in [0.15, 0.2) is 24.3 Å². The van der Waals surface area contributed by atoms with Crippen LogP contribution in [0.3, 0.4) is 0 Å². The topological polar surface area (TPSA) is 55.6 Å². The second-order valence-electron chi connectivity index (χ2n) is 7.58. The van der Waals surface area contributed by atoms with Crippen LogP contribution in [0.4, 0.5) is 13.2 Å². The molecule has 150 valence electrons. The van der Waals surface area contributed by atoms with Gasteiger partial charge in [0, 0.05) is 19.7 Å². The van der Waals surface area contributed by atoms with Crippen molar-refractivity contribution >= 4 is 5.91 Å². The molecule has 27 heavy (non-hydrogen) atoms. The monoisotopic (exact) mass is 384 g/mol. The van der Waals surface area contributed by atoms with E-state index in [2.05, 4.69) is 0 Å². The van der Waals surface area contributed by atoms with E-state index in [0.717, 1.165) is 38.2 Å². The number of ether oxygens (including phenoxy) is 1. The number of amides is 1. The highest BCUT2D eigenvalue weighted by Crippen LogP contribution is 2.30. The zero-order valence-corrected chi connectivity index (χ0v) is 15.4. The molecule has 0 aromatic heterocycles. The van der Waals surface area contributed by atoms with Gasteiger partial charge in [0.15, 0.2) is 0 Å². The highest BCUT2D eigenvalue weighted by atomic mass is 19.4. The predicted octanol–water partition coefficient (Wildman–Crippen LogP) is 3.38. The van der Waals surface area contributed by atoms with Gasteiger partial charge in [0.1, 0.15) is 6.04 Å². The molecule has 2 aliphatic rings. The summed E-state index contributed by atoms with van der Waals surface area (Å²) in [6, 6.07) is 4.96. The molecule has 2 heterocycles. The molecule has 0 bridgehead atoms. The Labute approximate surface area is 157 Å². The molecule has 1 aromatic carbocycles. The SMILES string of the molecule is NC(C(=O)N1CCC(CCc2cccc(C(F)(F)F)c2)CC1)C1CCCO1. The molecule has 0 saturated carbocycles. The number of carbonyl (C=O) groups excluding carboxylic acids is 1. The number of nitrogens with zero attached hydrogens (tertiary/aromatic N) is 1. The molecule has 2 atom stereocenters. The van der Waals surface area contributed by atoms with E-state index in [4.69, 9.17) is 10.5 Å². The van der Waals surface area contributed by atoms with Gasteiger partial charge in [0.05, 0.1) is 11.7 Å². The maximum Gasteiger partial charge on any atom is 0.416 e. The molecule has 0 radical (unpaired) electrons. The zero-order chi connectivity index (χ0) is 19.4. The number of hydrogen-bond donors (Lipinski definition) is 1. The van der Waals surface area contributed by atoms with E-state index in [1.54, 1.807) is 6.07 Å². The van der Waals surface area contributed by atoms with Gasteiger partial charge in [-0.1, -0.05) is 18.2 Å². The third-order valence-corrected chi connectivity index (χ3v) is 5.67. The summed E-state index contributed by atoms with van der Waals surface area (Å²) in [6.07, 6.45) is 0.495. The van der Waals surface area contributed by atoms with Crippen molar-refractivity contribution in [2.24, 2.45) is 11.7 Å². The number of aryl methyl sites for hydroxylation is 1. The number of halogens is 3. The van der Waals surface area contributed by atoms with Crippen molar-refractivity contribution in [1.82, 2.24) is 4.90 Å². The number of likely N-dealkylation sites (tertiary alicyclic amines) is 1. The number of alkyl halides is 3. The Morgan fingerprint density at radius 2 is 2.00 bits per heavy atom. The summed E-state index contributed by atoms with van der Waals surface area (Å²) in [4.78, 5) is 14.3. The highest BCUT2D eigenvalue weighted by Gasteiger charge is 2.33. The summed E-state index contributed by atoms with van der Waals surface area (Å²) >= 11 is 0. The van der Waals surface area contributed by atoms with E-state index in [0.29, 0.717) is 37.6 Å². The molecule has 7 heteroatoms. The summed E-state index contributed by atoms with van der Waals surface area (Å²) in [6.45, 7) is 1.99. The maximum absolute atomic E-state index is 12.8. The van der Waals surface area contributed by atoms with Crippen LogP contribution in [0.5, 0.6) is 0 Å². The van der Waals surface area contributed by atoms with Crippen LogP contribution in [-0.4, -0.2) is 42.6 Å². The van der Waals surface area contributed by atoms with E-state index in [9.17, 15) is 18.0 Å². The van der Waals surface area contributed by atoms with E-state index in [1.807, 2.05) is 4.90 Å². The highest BCUT2D eigenvalue weighted by molar-refractivity contribution is 5.82. The molecule has 2 N–H and O–H groups in total. The molecule has 2 aliphatic heterocycles. The summed E-state index contributed by atoms with van der Waals surface area (Å²) in [5, 5.41) is 0. The van der Waals surface area contributed by atoms with Crippen LogP contribution in [0.25, 0.3) is 0 Å². The molecular formula is C20H27F3N2O2. The molecule has 2 fully saturated rings. The fourth-order valence-corrected chi connectivity index (χ4v) is 3.97. The second kappa shape index (κ2) is 8.61. The standard InChI is InChI=1S/C20H27F3N2O2/c21-20(22,23)16-4-1-3-15(13-16)7-6-14-8-10-25(11-9-14)19(26)18(24)17-5-2-12-27-17/h1,3-4,13-14,17-18H,2,5-12,24H2. The lowest BCUT2D eigenvalue weighted by Gasteiger charge is -2.34. The lowest BCUT2D eigenvalue weighted by Crippen LogP contribution is -2.52. The maximum atomic E-state index is 12.8. The van der Waals surface area contributed by atoms with Crippen LogP contribution in [0.1, 0.15) is 43.2 Å². The number of hydrogen-bond acceptors (Lipinski definition) is 3. The van der Waals surface area contributed by atoms with Gasteiger partial charge in [0.25, 0.3) is 0 Å². The number of nitrogens with two attached hydrogens (primary N) is 1. The van der Waals surface area contributed by atoms with Crippen LogP contribution < -0.4 is 5.73 Å². The minimum Gasteiger partial charge on any atom is -0.376 e. The number of carbonyl (C=O) groups is 1. The van der Waals surface area contributed by atoms with Gasteiger partial charge in [-0.2, -0.15) is 13.2 Å². The Bertz CT molecular complexity index is 636. The summed E-state index contributed by atoms with van der Waals surface area (Å²) in [5.74, 6) is 0.376. The van der Waals surface area contributed by atoms with Crippen molar-refractivity contribution in [3.8, 4) is 0 Å². The van der Waals surface area contributed by atoms with Crippen LogP contribution in [0, 0.1) is 5.92 Å². The van der Waals surface area contributed by atoms with Crippen molar-refractivity contribution < 1.29 is 22.7 Å². The third kappa shape index (κ3) is 5.23. The van der Waals surface area contributed by atoms with E-state index in [1.165, 1.54) is 12.1 Å². The van der Waals surface area contributed by atoms with Gasteiger partial charge in [-0.25, -0.2) is 0 Å². The normalized spacial score (nSPS) is 22.8. The van der Waals surface area contributed by atoms with E-state index >= 15 is 0 Å². The third-order valence-electron chi connectivity index (χ3n) is 5.67. The van der Waals surface area contributed by atoms with Crippen molar-refractivity contribution in [3.05, 3.63) is 35.4 Å². The van der Waals surface area contributed by atoms with Gasteiger partial charge in [-0.3, -0.25) is 4.79 Å². The molecule has 0 spiro atoms. The van der Waals surface area contributed by atoms with Crippen LogP contribution in [-0.2, 0) is 22.1 Å². The molecule has 2 saturated heterocycles. The Hall–Kier alpha value is -1.60. The molecular weight excluding hydrogens is 357 g/mol. The average Bonchev–Trinajstić information content (AvgIpc) is 3.20. The van der Waals surface area contributed by atoms with Gasteiger partial charge in [0.2, 0.25) is 5.91 Å². The minimum atomic E-state index is -4.30. The number of benzene rings is 1. The summed E-state index contributed by atoms with van der Waals surface area (Å²) in [7, 11) is 0. The van der Waals surface area contributed by atoms with Gasteiger partial charge < -0.3 is 15.4 Å². The van der Waals surface area contributed by atoms with Gasteiger partial charge >= 0.3 is 6.18 Å². The van der Waals surface area contributed by atoms with Crippen molar-refractivity contribution in [3.63, 3.8) is 0 Å². The lowest BCUT2D eigenvalue weighted by atomic mass is 9.90. The largest absolute Gasteiger partial charge is 0.416 e. The molecule has 0 aliphatic carbocycles. The second-order valence-corrected chi connectivity index (χ2v) is 7.58. The fourth-order valence-electron chi connectivity index (χ4n) is 3.97. The first-order valence-corrected chi connectivity index (χ1v) is 9.66. The first kappa shape index (κ1) is 20.1. The minimum absolute atomic E-state index is 0.0433. The molecule has 2 unspecified atom stereocenters. The fraction of sp³-hybridized carbons (Fsp3) is 0.650. The average molecular weight is 384 g/mol. The first-order chi connectivity index (χ1) is 12.8. The lowest BCUT2D eigenvalue weighted by molar-refractivity contribution is -0.138. The van der Waals surface area contributed by atoms with Gasteiger partial charge in [-0.05, 0) is 56.1 Å². The van der Waals surface area contributed by atoms with E-state index < -0.39 is 17.8 Å². The summed E-state index contributed by atoms with van der Waals surface area (Å²) in [5.41, 5.74) is 6.18. The van der Waals surface area contributed by atoms with Crippen molar-refractivity contribution in [1.29, 1.82) is 0 Å². The van der Waals surface area contributed by atoms with Crippen LogP contribution in [0.2, 0.25) is 0 Å². The predicted molar refractivity (Wildman–Crippen MR) is 96.0 cm³/mol. The van der Waals surface area contributed by atoms with Crippen LogP contribution >= 0.6 is 0 Å². The smallest absolute Gasteiger partial charge is 0.376 e. The first-order valence-electron chi connectivity index (χ1n) is 9.66. The quantitative estimate of drug-likeness (QED) is 0.847. The van der Waals surface area contributed by atoms with E-state index in [-0.39, 0.29) is 12.0 Å². The van der Waals surface area contributed by atoms with Crippen molar-refractivity contribution in [2.75, 3.05) is 19.7 Å². The molecule has 3 rings (SSSR count). The molecule has 4 nitrogen and oxygen atoms in total. The molecule has 1 amide bonds. The number of rotatable bonds is 5. The Morgan fingerprint density at radius 1 is 1.26 bits per heavy atom. The Kier molecular flexibility index (Phi) is 6.42. The zero-order valence-electron chi connectivity index (χ0n) is 15.4. The van der Waals surface area contributed by atoms with Gasteiger partial charge in [-0.15, -0.1) is 0 Å². The summed E-state index contributed by atoms with van der Waals surface area (Å²) < 4.78 is 43.9. The van der Waals surface area contributed by atoms with Crippen molar-refractivity contribution in [2.45, 2.75) is 56.8 Å². The Balaban J connectivity index is 1.45.